The van der Waals surface area contributed by atoms with E-state index in [1.54, 1.807) is 0 Å². The highest BCUT2D eigenvalue weighted by Gasteiger charge is 2.28. The fraction of sp³-hybridized carbons (Fsp3) is 0.348. The van der Waals surface area contributed by atoms with E-state index < -0.39 is 0 Å². The summed E-state index contributed by atoms with van der Waals surface area (Å²) in [6.45, 7) is 26.9. The van der Waals surface area contributed by atoms with Crippen LogP contribution in [0.1, 0.15) is 111 Å². The zero-order valence-electron chi connectivity index (χ0n) is 31.8. The van der Waals surface area contributed by atoms with Crippen LogP contribution >= 0.6 is 0 Å². The number of fused-ring (bicyclic) bond motifs is 6. The molecule has 50 heavy (non-hydrogen) atoms. The molecule has 0 amide bonds. The van der Waals surface area contributed by atoms with Gasteiger partial charge in [0.1, 0.15) is 17.3 Å². The Morgan fingerprint density at radius 3 is 1.64 bits per heavy atom. The molecule has 4 aromatic carbocycles. The maximum absolute atomic E-state index is 10.8. The van der Waals surface area contributed by atoms with Crippen LogP contribution in [0.5, 0.6) is 0 Å². The van der Waals surface area contributed by atoms with Crippen molar-refractivity contribution in [1.29, 1.82) is 5.26 Å². The monoisotopic (exact) mass is 659 g/mol. The van der Waals surface area contributed by atoms with E-state index >= 15 is 0 Å². The van der Waals surface area contributed by atoms with E-state index in [9.17, 15) is 5.26 Å². The Morgan fingerprint density at radius 1 is 0.580 bits per heavy atom. The van der Waals surface area contributed by atoms with Crippen molar-refractivity contribution < 1.29 is 4.42 Å². The second-order valence-electron chi connectivity index (χ2n) is 18.1. The molecule has 0 atom stereocenters. The molecule has 7 rings (SSSR count). The molecule has 3 aromatic heterocycles. The van der Waals surface area contributed by atoms with Gasteiger partial charge in [-0.05, 0) is 86.4 Å². The number of aromatic nitrogens is 2. The molecule has 0 unspecified atom stereocenters. The predicted octanol–water partition coefficient (Wildman–Crippen LogP) is 12.8. The number of nitriles is 1. The van der Waals surface area contributed by atoms with Crippen LogP contribution in [0.2, 0.25) is 0 Å². The number of pyridine rings is 1. The zero-order chi connectivity index (χ0) is 36.1. The van der Waals surface area contributed by atoms with E-state index in [1.807, 2.05) is 12.3 Å². The molecule has 0 saturated carbocycles. The van der Waals surface area contributed by atoms with Crippen LogP contribution in [0.4, 0.5) is 0 Å². The zero-order valence-corrected chi connectivity index (χ0v) is 31.8. The number of rotatable bonds is 2. The molecule has 0 spiro atoms. The Bertz CT molecular complexity index is 2450. The van der Waals surface area contributed by atoms with Crippen LogP contribution in [-0.4, -0.2) is 9.55 Å². The molecule has 0 aliphatic rings. The molecular weight excluding hydrogens is 611 g/mol. The summed E-state index contributed by atoms with van der Waals surface area (Å²) in [4.78, 5) is 4.87. The Kier molecular flexibility index (Phi) is 7.43. The minimum atomic E-state index is -0.154. The molecule has 0 saturated heterocycles. The summed E-state index contributed by atoms with van der Waals surface area (Å²) in [5.41, 5.74) is 11.4. The summed E-state index contributed by atoms with van der Waals surface area (Å²) < 4.78 is 9.48. The summed E-state index contributed by atoms with van der Waals surface area (Å²) in [5, 5.41) is 15.2. The van der Waals surface area contributed by atoms with Gasteiger partial charge in [-0.2, -0.15) is 5.26 Å². The number of furan rings is 1. The average molecular weight is 660 g/mol. The quantitative estimate of drug-likeness (QED) is 0.186. The normalized spacial score (nSPS) is 13.2. The van der Waals surface area contributed by atoms with Gasteiger partial charge in [-0.3, -0.25) is 4.98 Å². The number of nitrogens with zero attached hydrogens (tertiary/aromatic N) is 3. The number of hydrogen-bond acceptors (Lipinski definition) is 3. The van der Waals surface area contributed by atoms with Gasteiger partial charge < -0.3 is 8.98 Å². The largest absolute Gasteiger partial charge is 0.453 e. The molecule has 0 bridgehead atoms. The number of benzene rings is 4. The van der Waals surface area contributed by atoms with Gasteiger partial charge in [-0.15, -0.1) is 0 Å². The second-order valence-corrected chi connectivity index (χ2v) is 18.1. The Hall–Kier alpha value is -4.88. The summed E-state index contributed by atoms with van der Waals surface area (Å²) >= 11 is 0. The maximum Gasteiger partial charge on any atom is 0.160 e. The topological polar surface area (TPSA) is 54.8 Å². The van der Waals surface area contributed by atoms with Crippen LogP contribution in [0, 0.1) is 11.3 Å². The van der Waals surface area contributed by atoms with E-state index in [0.29, 0.717) is 11.1 Å². The standard InChI is InChI=1S/C46H49N3O/c1-43(2,3)28-14-17-31-32-18-15-29(44(4,5)6)25-38(32)49(37(31)24-28)40-27(26-47)13-16-34-39-35(46(10,11)12)20-19-33(41(39)50-42(34)40)36-23-30(21-22-48-36)45(7,8)9/h13-25H,1-12H3. The molecule has 0 radical (unpaired) electrons. The molecule has 3 heterocycles. The third kappa shape index (κ3) is 5.39. The van der Waals surface area contributed by atoms with Crippen molar-refractivity contribution in [1.82, 2.24) is 9.55 Å². The second kappa shape index (κ2) is 11.1. The van der Waals surface area contributed by atoms with Gasteiger partial charge >= 0.3 is 0 Å². The summed E-state index contributed by atoms with van der Waals surface area (Å²) in [6.07, 6.45) is 1.90. The van der Waals surface area contributed by atoms with Gasteiger partial charge in [0.05, 0.1) is 22.3 Å². The Balaban J connectivity index is 1.68. The summed E-state index contributed by atoms with van der Waals surface area (Å²) in [5.74, 6) is 0. The third-order valence-corrected chi connectivity index (χ3v) is 10.3. The van der Waals surface area contributed by atoms with Crippen molar-refractivity contribution in [3.05, 3.63) is 107 Å². The van der Waals surface area contributed by atoms with E-state index in [-0.39, 0.29) is 21.7 Å². The van der Waals surface area contributed by atoms with E-state index in [2.05, 4.69) is 160 Å². The van der Waals surface area contributed by atoms with Crippen molar-refractivity contribution >= 4 is 43.7 Å². The Morgan fingerprint density at radius 2 is 1.12 bits per heavy atom. The fourth-order valence-corrected chi connectivity index (χ4v) is 7.31. The van der Waals surface area contributed by atoms with Crippen molar-refractivity contribution in [3.8, 4) is 23.0 Å². The molecule has 0 N–H and O–H groups in total. The molecule has 0 fully saturated rings. The lowest BCUT2D eigenvalue weighted by Gasteiger charge is -2.22. The number of hydrogen-bond donors (Lipinski definition) is 0. The minimum Gasteiger partial charge on any atom is -0.453 e. The van der Waals surface area contributed by atoms with Gasteiger partial charge in [0.2, 0.25) is 0 Å². The molecule has 7 aromatic rings. The molecule has 0 aliphatic carbocycles. The van der Waals surface area contributed by atoms with Crippen molar-refractivity contribution in [2.24, 2.45) is 0 Å². The molecular formula is C46H49N3O. The average Bonchev–Trinajstić information content (AvgIpc) is 3.57. The van der Waals surface area contributed by atoms with Crippen LogP contribution in [0.3, 0.4) is 0 Å². The highest BCUT2D eigenvalue weighted by Crippen LogP contribution is 2.46. The van der Waals surface area contributed by atoms with Crippen LogP contribution in [-0.2, 0) is 21.7 Å². The first-order valence-corrected chi connectivity index (χ1v) is 17.8. The minimum absolute atomic E-state index is 0.0285. The highest BCUT2D eigenvalue weighted by atomic mass is 16.3. The first-order chi connectivity index (χ1) is 23.3. The van der Waals surface area contributed by atoms with Gasteiger partial charge in [0.25, 0.3) is 0 Å². The first kappa shape index (κ1) is 33.6. The van der Waals surface area contributed by atoms with Crippen molar-refractivity contribution in [3.63, 3.8) is 0 Å². The third-order valence-electron chi connectivity index (χ3n) is 10.3. The van der Waals surface area contributed by atoms with Crippen LogP contribution < -0.4 is 0 Å². The van der Waals surface area contributed by atoms with Crippen molar-refractivity contribution in [2.45, 2.75) is 105 Å². The molecule has 0 aliphatic heterocycles. The van der Waals surface area contributed by atoms with E-state index in [1.165, 1.54) is 22.3 Å². The smallest absolute Gasteiger partial charge is 0.160 e. The fourth-order valence-electron chi connectivity index (χ4n) is 7.31. The molecule has 4 heteroatoms. The summed E-state index contributed by atoms with van der Waals surface area (Å²) in [7, 11) is 0. The highest BCUT2D eigenvalue weighted by molar-refractivity contribution is 6.16. The van der Waals surface area contributed by atoms with Gasteiger partial charge in [0.15, 0.2) is 5.58 Å². The SMILES string of the molecule is CC(C)(C)c1ccnc(-c2ccc(C(C)(C)C)c3c2oc2c(-n4c5cc(C(C)(C)C)ccc5c5ccc(C(C)(C)C)cc54)c(C#N)ccc23)c1. The first-order valence-electron chi connectivity index (χ1n) is 17.8. The van der Waals surface area contributed by atoms with Crippen LogP contribution in [0.25, 0.3) is 60.7 Å². The van der Waals surface area contributed by atoms with Crippen LogP contribution in [0.15, 0.2) is 83.4 Å². The van der Waals surface area contributed by atoms with E-state index in [0.717, 1.165) is 55.1 Å². The lowest BCUT2D eigenvalue weighted by molar-refractivity contribution is 0.589. The summed E-state index contributed by atoms with van der Waals surface area (Å²) in [6, 6.07) is 28.9. The van der Waals surface area contributed by atoms with E-state index in [4.69, 9.17) is 9.40 Å². The van der Waals surface area contributed by atoms with Gasteiger partial charge in [-0.1, -0.05) is 113 Å². The Labute approximate surface area is 296 Å². The molecule has 254 valence electrons. The maximum atomic E-state index is 10.8. The lowest BCUT2D eigenvalue weighted by atomic mass is 9.82. The predicted molar refractivity (Wildman–Crippen MR) is 211 cm³/mol. The van der Waals surface area contributed by atoms with Gasteiger partial charge in [-0.25, -0.2) is 0 Å². The lowest BCUT2D eigenvalue weighted by Crippen LogP contribution is -2.12. The molecule has 4 nitrogen and oxygen atoms in total. The van der Waals surface area contributed by atoms with Gasteiger partial charge in [0, 0.05) is 33.3 Å². The van der Waals surface area contributed by atoms with Crippen molar-refractivity contribution in [2.75, 3.05) is 0 Å².